The second-order valence-corrected chi connectivity index (χ2v) is 7.07. The average Bonchev–Trinajstić information content (AvgIpc) is 2.67. The minimum atomic E-state index is -4.84. The first-order chi connectivity index (χ1) is 14.4. The fourth-order valence-corrected chi connectivity index (χ4v) is 2.79. The minimum Gasteiger partial charge on any atom is -0.385 e. The number of amides is 1. The van der Waals surface area contributed by atoms with Gasteiger partial charge in [0.15, 0.2) is 0 Å². The van der Waals surface area contributed by atoms with Crippen LogP contribution in [0, 0.1) is 5.82 Å². The molecule has 1 atom stereocenters. The van der Waals surface area contributed by atoms with E-state index in [0.29, 0.717) is 0 Å². The van der Waals surface area contributed by atoms with Gasteiger partial charge in [0.1, 0.15) is 23.2 Å². The second kappa shape index (κ2) is 9.75. The number of hydrogen-bond acceptors (Lipinski definition) is 5. The van der Waals surface area contributed by atoms with Crippen LogP contribution in [-0.4, -0.2) is 40.1 Å². The molecule has 13 heteroatoms. The van der Waals surface area contributed by atoms with Crippen molar-refractivity contribution in [2.24, 2.45) is 10.7 Å². The van der Waals surface area contributed by atoms with Crippen molar-refractivity contribution < 1.29 is 27.1 Å². The molecule has 3 N–H and O–H groups in total. The number of hydrogen-bond donors (Lipinski definition) is 2. The molecule has 0 spiro atoms. The third-order valence-corrected chi connectivity index (χ3v) is 4.54. The maximum absolute atomic E-state index is 14.1. The number of anilines is 1. The number of aliphatic imine (C=N–C) groups is 1. The number of pyridine rings is 2. The van der Waals surface area contributed by atoms with Crippen LogP contribution in [0.4, 0.5) is 23.4 Å². The zero-order chi connectivity index (χ0) is 23.4. The SMILES string of the molecule is CCO[C@](C)(/C(N)=N\Cc1nc(NC(=O)c2ncc(Cl)cc2Cl)ccc1F)C(F)(F)F. The van der Waals surface area contributed by atoms with E-state index in [1.807, 2.05) is 0 Å². The average molecular weight is 482 g/mol. The summed E-state index contributed by atoms with van der Waals surface area (Å²) in [5.74, 6) is -2.61. The van der Waals surface area contributed by atoms with Crippen molar-refractivity contribution in [3.63, 3.8) is 0 Å². The highest BCUT2D eigenvalue weighted by Gasteiger charge is 2.55. The lowest BCUT2D eigenvalue weighted by Crippen LogP contribution is -2.55. The quantitative estimate of drug-likeness (QED) is 0.346. The van der Waals surface area contributed by atoms with Gasteiger partial charge in [-0.2, -0.15) is 13.2 Å². The van der Waals surface area contributed by atoms with E-state index in [4.69, 9.17) is 33.7 Å². The van der Waals surface area contributed by atoms with Gasteiger partial charge in [-0.1, -0.05) is 23.2 Å². The summed E-state index contributed by atoms with van der Waals surface area (Å²) in [6, 6.07) is 3.42. The molecule has 0 saturated carbocycles. The summed E-state index contributed by atoms with van der Waals surface area (Å²) < 4.78 is 58.8. The number of amidine groups is 1. The molecule has 2 aromatic heterocycles. The first kappa shape index (κ1) is 24.8. The van der Waals surface area contributed by atoms with Crippen LogP contribution in [0.5, 0.6) is 0 Å². The normalized spacial score (nSPS) is 14.3. The standard InChI is InChI=1S/C18H17Cl2F4N5O2/c1-3-31-17(2,18(22,23)24)16(25)27-8-12-11(21)4-5-13(28-12)29-15(30)14-10(20)6-9(19)7-26-14/h4-7H,3,8H2,1-2H3,(H2,25,27)(H,28,29,30)/t17-/m1/s1. The molecule has 0 aromatic carbocycles. The first-order valence-corrected chi connectivity index (χ1v) is 9.43. The number of nitrogens with zero attached hydrogens (tertiary/aromatic N) is 3. The summed E-state index contributed by atoms with van der Waals surface area (Å²) in [6.45, 7) is 1.19. The van der Waals surface area contributed by atoms with Crippen molar-refractivity contribution in [2.45, 2.75) is 32.2 Å². The van der Waals surface area contributed by atoms with Crippen LogP contribution in [-0.2, 0) is 11.3 Å². The minimum absolute atomic E-state index is 0.0212. The molecule has 0 unspecified atom stereocenters. The summed E-state index contributed by atoms with van der Waals surface area (Å²) in [7, 11) is 0. The molecule has 0 bridgehead atoms. The van der Waals surface area contributed by atoms with Crippen molar-refractivity contribution in [2.75, 3.05) is 11.9 Å². The monoisotopic (exact) mass is 481 g/mol. The van der Waals surface area contributed by atoms with Gasteiger partial charge in [-0.25, -0.2) is 14.4 Å². The Labute approximate surface area is 184 Å². The van der Waals surface area contributed by atoms with Gasteiger partial charge in [-0.15, -0.1) is 0 Å². The lowest BCUT2D eigenvalue weighted by Gasteiger charge is -2.31. The lowest BCUT2D eigenvalue weighted by molar-refractivity contribution is -0.240. The zero-order valence-electron chi connectivity index (χ0n) is 16.2. The van der Waals surface area contributed by atoms with Gasteiger partial charge in [0.2, 0.25) is 5.60 Å². The largest absolute Gasteiger partial charge is 0.424 e. The molecule has 2 rings (SSSR count). The number of rotatable bonds is 7. The molecule has 0 saturated heterocycles. The van der Waals surface area contributed by atoms with Gasteiger partial charge in [0, 0.05) is 12.8 Å². The van der Waals surface area contributed by atoms with Crippen molar-refractivity contribution in [1.29, 1.82) is 0 Å². The molecular formula is C18H17Cl2F4N5O2. The van der Waals surface area contributed by atoms with Crippen molar-refractivity contribution in [1.82, 2.24) is 9.97 Å². The highest BCUT2D eigenvalue weighted by molar-refractivity contribution is 6.36. The lowest BCUT2D eigenvalue weighted by atomic mass is 10.1. The second-order valence-electron chi connectivity index (χ2n) is 6.23. The molecule has 0 aliphatic carbocycles. The maximum atomic E-state index is 14.1. The molecule has 0 fully saturated rings. The van der Waals surface area contributed by atoms with E-state index in [2.05, 4.69) is 20.3 Å². The predicted molar refractivity (Wildman–Crippen MR) is 108 cm³/mol. The summed E-state index contributed by atoms with van der Waals surface area (Å²) in [5.41, 5.74) is 2.15. The Bertz CT molecular complexity index is 1000. The van der Waals surface area contributed by atoms with E-state index in [9.17, 15) is 22.4 Å². The Hall–Kier alpha value is -2.50. The van der Waals surface area contributed by atoms with Gasteiger partial charge < -0.3 is 15.8 Å². The zero-order valence-corrected chi connectivity index (χ0v) is 17.7. The number of ether oxygens (including phenoxy) is 1. The first-order valence-electron chi connectivity index (χ1n) is 8.68. The molecule has 0 aliphatic heterocycles. The Balaban J connectivity index is 2.24. The van der Waals surface area contributed by atoms with Crippen molar-refractivity contribution in [3.8, 4) is 0 Å². The Morgan fingerprint density at radius 3 is 2.58 bits per heavy atom. The number of alkyl halides is 3. The van der Waals surface area contributed by atoms with Crippen LogP contribution in [0.15, 0.2) is 29.4 Å². The van der Waals surface area contributed by atoms with Gasteiger partial charge in [0.05, 0.1) is 22.3 Å². The summed E-state index contributed by atoms with van der Waals surface area (Å²) in [4.78, 5) is 23.6. The van der Waals surface area contributed by atoms with E-state index < -0.39 is 35.9 Å². The van der Waals surface area contributed by atoms with E-state index >= 15 is 0 Å². The van der Waals surface area contributed by atoms with Gasteiger partial charge in [0.25, 0.3) is 5.91 Å². The van der Waals surface area contributed by atoms with Gasteiger partial charge in [-0.3, -0.25) is 9.79 Å². The van der Waals surface area contributed by atoms with E-state index in [-0.39, 0.29) is 33.9 Å². The third kappa shape index (κ3) is 5.81. The van der Waals surface area contributed by atoms with E-state index in [0.717, 1.165) is 19.1 Å². The Morgan fingerprint density at radius 2 is 2.00 bits per heavy atom. The van der Waals surface area contributed by atoms with E-state index in [1.54, 1.807) is 0 Å². The number of aromatic nitrogens is 2. The van der Waals surface area contributed by atoms with Crippen LogP contribution in [0.1, 0.15) is 30.0 Å². The van der Waals surface area contributed by atoms with Crippen LogP contribution in [0.3, 0.4) is 0 Å². The number of halogens is 6. The molecule has 31 heavy (non-hydrogen) atoms. The number of nitrogens with two attached hydrogens (primary N) is 1. The topological polar surface area (TPSA) is 102 Å². The fraction of sp³-hybridized carbons (Fsp3) is 0.333. The summed E-state index contributed by atoms with van der Waals surface area (Å²) >= 11 is 11.6. The Morgan fingerprint density at radius 1 is 1.32 bits per heavy atom. The molecule has 168 valence electrons. The van der Waals surface area contributed by atoms with Crippen LogP contribution in [0.2, 0.25) is 10.0 Å². The smallest absolute Gasteiger partial charge is 0.385 e. The van der Waals surface area contributed by atoms with Crippen molar-refractivity contribution in [3.05, 3.63) is 51.6 Å². The van der Waals surface area contributed by atoms with E-state index in [1.165, 1.54) is 19.2 Å². The summed E-state index contributed by atoms with van der Waals surface area (Å²) in [6.07, 6.45) is -3.64. The van der Waals surface area contributed by atoms with Crippen LogP contribution >= 0.6 is 23.2 Å². The van der Waals surface area contributed by atoms with Crippen LogP contribution < -0.4 is 11.1 Å². The van der Waals surface area contributed by atoms with Gasteiger partial charge in [-0.05, 0) is 32.0 Å². The number of carbonyl (C=O) groups excluding carboxylic acids is 1. The molecular weight excluding hydrogens is 465 g/mol. The maximum Gasteiger partial charge on any atom is 0.424 e. The highest BCUT2D eigenvalue weighted by atomic mass is 35.5. The molecule has 1 amide bonds. The van der Waals surface area contributed by atoms with Gasteiger partial charge >= 0.3 is 6.18 Å². The highest BCUT2D eigenvalue weighted by Crippen LogP contribution is 2.33. The molecule has 0 radical (unpaired) electrons. The predicted octanol–water partition coefficient (Wildman–Crippen LogP) is 4.39. The third-order valence-electron chi connectivity index (χ3n) is 4.05. The Kier molecular flexibility index (Phi) is 7.79. The number of nitrogens with one attached hydrogen (secondary N) is 1. The molecule has 2 aromatic rings. The molecule has 7 nitrogen and oxygen atoms in total. The molecule has 0 aliphatic rings. The molecule has 2 heterocycles. The summed E-state index contributed by atoms with van der Waals surface area (Å²) in [5, 5.41) is 2.56. The fourth-order valence-electron chi connectivity index (χ4n) is 2.32. The van der Waals surface area contributed by atoms with Crippen LogP contribution in [0.25, 0.3) is 0 Å². The van der Waals surface area contributed by atoms with Crippen molar-refractivity contribution >= 4 is 40.8 Å². The number of carbonyl (C=O) groups is 1.